The molecule has 0 saturated carbocycles. The van der Waals surface area contributed by atoms with Crippen molar-refractivity contribution in [2.24, 2.45) is 5.41 Å². The molecule has 6 heteroatoms. The molecule has 1 aromatic heterocycles. The lowest BCUT2D eigenvalue weighted by molar-refractivity contribution is -0.139. The van der Waals surface area contributed by atoms with E-state index in [2.05, 4.69) is 16.7 Å². The van der Waals surface area contributed by atoms with Gasteiger partial charge in [-0.05, 0) is 32.2 Å². The lowest BCUT2D eigenvalue weighted by Crippen LogP contribution is -2.53. The van der Waals surface area contributed by atoms with Crippen molar-refractivity contribution in [2.75, 3.05) is 33.3 Å². The summed E-state index contributed by atoms with van der Waals surface area (Å²) in [7, 11) is 1.47. The molecule has 0 N–H and O–H groups in total. The Labute approximate surface area is 155 Å². The van der Waals surface area contributed by atoms with Crippen molar-refractivity contribution < 1.29 is 13.9 Å². The van der Waals surface area contributed by atoms with Crippen LogP contribution in [0.25, 0.3) is 0 Å². The SMILES string of the molecule is CCCCN1C[C@]2(CCCN(Cc3cc(=O)c(OC)co3)C2)CCC1=O. The zero-order chi connectivity index (χ0) is 18.6. The molecule has 1 amide bonds. The summed E-state index contributed by atoms with van der Waals surface area (Å²) in [5, 5.41) is 0. The Morgan fingerprint density at radius 2 is 2.12 bits per heavy atom. The number of rotatable bonds is 6. The molecule has 144 valence electrons. The van der Waals surface area contributed by atoms with Gasteiger partial charge in [-0.15, -0.1) is 0 Å². The quantitative estimate of drug-likeness (QED) is 0.778. The minimum Gasteiger partial charge on any atom is -0.490 e. The van der Waals surface area contributed by atoms with E-state index in [0.29, 0.717) is 24.6 Å². The van der Waals surface area contributed by atoms with E-state index in [1.165, 1.54) is 25.9 Å². The molecule has 2 aliphatic heterocycles. The highest BCUT2D eigenvalue weighted by atomic mass is 16.5. The van der Waals surface area contributed by atoms with Crippen molar-refractivity contribution in [3.63, 3.8) is 0 Å². The fraction of sp³-hybridized carbons (Fsp3) is 0.700. The molecular formula is C20H30N2O4. The second kappa shape index (κ2) is 8.25. The number of nitrogens with zero attached hydrogens (tertiary/aromatic N) is 2. The Hall–Kier alpha value is -1.82. The van der Waals surface area contributed by atoms with Crippen LogP contribution in [0.5, 0.6) is 5.75 Å². The molecule has 0 aromatic carbocycles. The Morgan fingerprint density at radius 1 is 1.27 bits per heavy atom. The molecular weight excluding hydrogens is 332 g/mol. The molecule has 26 heavy (non-hydrogen) atoms. The minimum absolute atomic E-state index is 0.144. The largest absolute Gasteiger partial charge is 0.490 e. The summed E-state index contributed by atoms with van der Waals surface area (Å²) in [4.78, 5) is 28.6. The number of unbranched alkanes of at least 4 members (excludes halogenated alkanes) is 1. The average Bonchev–Trinajstić information content (AvgIpc) is 2.63. The first-order valence-electron chi connectivity index (χ1n) is 9.71. The molecule has 6 nitrogen and oxygen atoms in total. The van der Waals surface area contributed by atoms with E-state index < -0.39 is 0 Å². The number of hydrogen-bond donors (Lipinski definition) is 0. The van der Waals surface area contributed by atoms with E-state index in [-0.39, 0.29) is 16.6 Å². The second-order valence-corrected chi connectivity index (χ2v) is 7.76. The van der Waals surface area contributed by atoms with Gasteiger partial charge in [-0.2, -0.15) is 0 Å². The number of carbonyl (C=O) groups excluding carboxylic acids is 1. The van der Waals surface area contributed by atoms with Crippen molar-refractivity contribution in [1.29, 1.82) is 0 Å². The Bertz CT molecular complexity index is 687. The molecule has 1 spiro atoms. The van der Waals surface area contributed by atoms with Crippen LogP contribution in [0.2, 0.25) is 0 Å². The van der Waals surface area contributed by atoms with Crippen molar-refractivity contribution >= 4 is 5.91 Å². The summed E-state index contributed by atoms with van der Waals surface area (Å²) in [5.41, 5.74) is 0.0432. The normalized spacial score (nSPS) is 24.2. The maximum Gasteiger partial charge on any atom is 0.227 e. The highest BCUT2D eigenvalue weighted by molar-refractivity contribution is 5.77. The van der Waals surface area contributed by atoms with E-state index in [1.54, 1.807) is 0 Å². The third-order valence-corrected chi connectivity index (χ3v) is 5.72. The summed E-state index contributed by atoms with van der Waals surface area (Å²) in [6.07, 6.45) is 7.50. The summed E-state index contributed by atoms with van der Waals surface area (Å²) >= 11 is 0. The highest BCUT2D eigenvalue weighted by Gasteiger charge is 2.41. The van der Waals surface area contributed by atoms with Crippen LogP contribution in [0.1, 0.15) is 51.2 Å². The summed E-state index contributed by atoms with van der Waals surface area (Å²) in [6.45, 7) is 6.50. The van der Waals surface area contributed by atoms with Gasteiger partial charge in [0.1, 0.15) is 12.0 Å². The van der Waals surface area contributed by atoms with E-state index in [4.69, 9.17) is 9.15 Å². The molecule has 2 aliphatic rings. The van der Waals surface area contributed by atoms with Gasteiger partial charge in [0, 0.05) is 37.5 Å². The molecule has 2 saturated heterocycles. The monoisotopic (exact) mass is 362 g/mol. The number of amides is 1. The average molecular weight is 362 g/mol. The van der Waals surface area contributed by atoms with E-state index in [9.17, 15) is 9.59 Å². The molecule has 3 rings (SSSR count). The lowest BCUT2D eigenvalue weighted by atomic mass is 9.73. The first kappa shape index (κ1) is 19.0. The Balaban J connectivity index is 1.65. The standard InChI is InChI=1S/C20H30N2O4/c1-3-4-10-22-15-20(8-6-19(22)24)7-5-9-21(14-20)12-16-11-17(23)18(25-2)13-26-16/h11,13H,3-10,12,14-15H2,1-2H3/t20-/m1/s1. The molecule has 0 bridgehead atoms. The van der Waals surface area contributed by atoms with Crippen molar-refractivity contribution in [3.05, 3.63) is 28.3 Å². The summed E-state index contributed by atoms with van der Waals surface area (Å²) in [6, 6.07) is 1.53. The number of carbonyl (C=O) groups is 1. The number of likely N-dealkylation sites (tertiary alicyclic amines) is 2. The van der Waals surface area contributed by atoms with Crippen LogP contribution in [0.15, 0.2) is 21.5 Å². The smallest absolute Gasteiger partial charge is 0.227 e. The van der Waals surface area contributed by atoms with Gasteiger partial charge in [0.05, 0.1) is 13.7 Å². The van der Waals surface area contributed by atoms with Gasteiger partial charge in [-0.1, -0.05) is 13.3 Å². The van der Waals surface area contributed by atoms with Gasteiger partial charge >= 0.3 is 0 Å². The first-order chi connectivity index (χ1) is 12.5. The second-order valence-electron chi connectivity index (χ2n) is 7.76. The van der Waals surface area contributed by atoms with Gasteiger partial charge in [-0.3, -0.25) is 14.5 Å². The van der Waals surface area contributed by atoms with E-state index in [0.717, 1.165) is 51.9 Å². The zero-order valence-corrected chi connectivity index (χ0v) is 16.0. The molecule has 0 radical (unpaired) electrons. The fourth-order valence-corrected chi connectivity index (χ4v) is 4.32. The van der Waals surface area contributed by atoms with E-state index in [1.807, 2.05) is 0 Å². The van der Waals surface area contributed by atoms with Crippen molar-refractivity contribution in [1.82, 2.24) is 9.80 Å². The Kier molecular flexibility index (Phi) is 6.01. The third-order valence-electron chi connectivity index (χ3n) is 5.72. The maximum absolute atomic E-state index is 12.2. The van der Waals surface area contributed by atoms with Crippen LogP contribution >= 0.6 is 0 Å². The van der Waals surface area contributed by atoms with Crippen molar-refractivity contribution in [3.8, 4) is 5.75 Å². The van der Waals surface area contributed by atoms with Gasteiger partial charge in [0.2, 0.25) is 17.1 Å². The maximum atomic E-state index is 12.2. The molecule has 1 aromatic rings. The lowest BCUT2D eigenvalue weighted by Gasteiger charge is -2.48. The van der Waals surface area contributed by atoms with Crippen LogP contribution < -0.4 is 10.2 Å². The van der Waals surface area contributed by atoms with Gasteiger partial charge in [0.25, 0.3) is 0 Å². The molecule has 1 atom stereocenters. The Morgan fingerprint density at radius 3 is 2.85 bits per heavy atom. The van der Waals surface area contributed by atoms with Crippen LogP contribution in [0, 0.1) is 5.41 Å². The van der Waals surface area contributed by atoms with Crippen molar-refractivity contribution in [2.45, 2.75) is 52.0 Å². The van der Waals surface area contributed by atoms with Crippen LogP contribution in [-0.2, 0) is 11.3 Å². The third kappa shape index (κ3) is 4.29. The summed E-state index contributed by atoms with van der Waals surface area (Å²) < 4.78 is 10.5. The zero-order valence-electron chi connectivity index (χ0n) is 16.0. The van der Waals surface area contributed by atoms with Crippen LogP contribution in [0.4, 0.5) is 0 Å². The molecule has 0 aliphatic carbocycles. The number of ether oxygens (including phenoxy) is 1. The van der Waals surface area contributed by atoms with Crippen LogP contribution in [0.3, 0.4) is 0 Å². The topological polar surface area (TPSA) is 63.0 Å². The molecule has 2 fully saturated rings. The van der Waals surface area contributed by atoms with Gasteiger partial charge in [-0.25, -0.2) is 0 Å². The van der Waals surface area contributed by atoms with E-state index >= 15 is 0 Å². The first-order valence-corrected chi connectivity index (χ1v) is 9.71. The number of piperidine rings is 2. The highest BCUT2D eigenvalue weighted by Crippen LogP contribution is 2.39. The van der Waals surface area contributed by atoms with Gasteiger partial charge < -0.3 is 14.1 Å². The van der Waals surface area contributed by atoms with Crippen LogP contribution in [-0.4, -0.2) is 49.0 Å². The number of hydrogen-bond acceptors (Lipinski definition) is 5. The fourth-order valence-electron chi connectivity index (χ4n) is 4.32. The predicted octanol–water partition coefficient (Wildman–Crippen LogP) is 2.65. The van der Waals surface area contributed by atoms with Gasteiger partial charge in [0.15, 0.2) is 0 Å². The predicted molar refractivity (Wildman–Crippen MR) is 99.2 cm³/mol. The molecule has 0 unspecified atom stereocenters. The number of methoxy groups -OCH3 is 1. The molecule has 3 heterocycles. The minimum atomic E-state index is -0.144. The summed E-state index contributed by atoms with van der Waals surface area (Å²) in [5.74, 6) is 1.21.